The lowest BCUT2D eigenvalue weighted by Crippen LogP contribution is -2.27. The van der Waals surface area contributed by atoms with Crippen LogP contribution in [-0.4, -0.2) is 26.8 Å². The third-order valence-electron chi connectivity index (χ3n) is 2.82. The first-order valence-corrected chi connectivity index (χ1v) is 5.98. The highest BCUT2D eigenvalue weighted by Gasteiger charge is 2.06. The monoisotopic (exact) mass is 260 g/mol. The van der Waals surface area contributed by atoms with Crippen molar-refractivity contribution in [2.24, 2.45) is 14.1 Å². The zero-order valence-electron chi connectivity index (χ0n) is 11.0. The van der Waals surface area contributed by atoms with E-state index < -0.39 is 0 Å². The molecule has 0 unspecified atom stereocenters. The molecule has 2 aromatic rings. The van der Waals surface area contributed by atoms with Gasteiger partial charge in [-0.05, 0) is 18.1 Å². The lowest BCUT2D eigenvalue weighted by molar-refractivity contribution is 0.0954. The van der Waals surface area contributed by atoms with E-state index in [1.807, 2.05) is 13.2 Å². The Kier molecular flexibility index (Phi) is 3.79. The molecular formula is C13H16N4O2. The number of carbonyl (C=O) groups is 1. The van der Waals surface area contributed by atoms with E-state index in [1.54, 1.807) is 30.2 Å². The topological polar surface area (TPSA) is 68.9 Å². The van der Waals surface area contributed by atoms with E-state index in [9.17, 15) is 9.59 Å². The number of hydrogen-bond acceptors (Lipinski definition) is 3. The van der Waals surface area contributed by atoms with Crippen LogP contribution in [0, 0.1) is 0 Å². The first-order chi connectivity index (χ1) is 9.06. The SMILES string of the molecule is Cn1cc(CCNC(=O)c2ccn(C)c(=O)c2)cn1. The van der Waals surface area contributed by atoms with Crippen molar-refractivity contribution in [3.8, 4) is 0 Å². The number of rotatable bonds is 4. The van der Waals surface area contributed by atoms with E-state index >= 15 is 0 Å². The fourth-order valence-electron chi connectivity index (χ4n) is 1.71. The van der Waals surface area contributed by atoms with Gasteiger partial charge in [0, 0.05) is 44.7 Å². The first-order valence-electron chi connectivity index (χ1n) is 5.98. The van der Waals surface area contributed by atoms with Crippen LogP contribution in [0.25, 0.3) is 0 Å². The molecule has 0 aliphatic rings. The lowest BCUT2D eigenvalue weighted by atomic mass is 10.2. The highest BCUT2D eigenvalue weighted by molar-refractivity contribution is 5.93. The third kappa shape index (κ3) is 3.31. The van der Waals surface area contributed by atoms with Gasteiger partial charge < -0.3 is 9.88 Å². The normalized spacial score (nSPS) is 10.4. The van der Waals surface area contributed by atoms with Crippen molar-refractivity contribution >= 4 is 5.91 Å². The van der Waals surface area contributed by atoms with Crippen LogP contribution in [0.15, 0.2) is 35.5 Å². The van der Waals surface area contributed by atoms with Gasteiger partial charge in [-0.2, -0.15) is 5.10 Å². The quantitative estimate of drug-likeness (QED) is 0.847. The van der Waals surface area contributed by atoms with Gasteiger partial charge in [0.15, 0.2) is 0 Å². The summed E-state index contributed by atoms with van der Waals surface area (Å²) in [5.41, 5.74) is 1.25. The minimum absolute atomic E-state index is 0.195. The molecular weight excluding hydrogens is 244 g/mol. The zero-order valence-corrected chi connectivity index (χ0v) is 11.0. The van der Waals surface area contributed by atoms with Crippen LogP contribution >= 0.6 is 0 Å². The van der Waals surface area contributed by atoms with Gasteiger partial charge in [0.25, 0.3) is 11.5 Å². The van der Waals surface area contributed by atoms with E-state index in [1.165, 1.54) is 10.6 Å². The highest BCUT2D eigenvalue weighted by atomic mass is 16.2. The van der Waals surface area contributed by atoms with Crippen LogP contribution < -0.4 is 10.9 Å². The fourth-order valence-corrected chi connectivity index (χ4v) is 1.71. The maximum Gasteiger partial charge on any atom is 0.251 e. The van der Waals surface area contributed by atoms with Crippen LogP contribution in [0.2, 0.25) is 0 Å². The fraction of sp³-hybridized carbons (Fsp3) is 0.308. The van der Waals surface area contributed by atoms with Gasteiger partial charge in [0.1, 0.15) is 0 Å². The summed E-state index contributed by atoms with van der Waals surface area (Å²) in [6.45, 7) is 0.514. The molecule has 2 rings (SSSR count). The Morgan fingerprint density at radius 2 is 2.21 bits per heavy atom. The second-order valence-electron chi connectivity index (χ2n) is 4.39. The summed E-state index contributed by atoms with van der Waals surface area (Å²) < 4.78 is 3.14. The Labute approximate surface area is 110 Å². The number of aryl methyl sites for hydroxylation is 2. The predicted octanol–water partition coefficient (Wildman–Crippen LogP) is 0.0913. The smallest absolute Gasteiger partial charge is 0.251 e. The van der Waals surface area contributed by atoms with Crippen LogP contribution in [0.3, 0.4) is 0 Å². The van der Waals surface area contributed by atoms with Gasteiger partial charge in [0.05, 0.1) is 6.20 Å². The lowest BCUT2D eigenvalue weighted by Gasteiger charge is -2.04. The molecule has 0 aliphatic heterocycles. The van der Waals surface area contributed by atoms with Crippen molar-refractivity contribution in [3.63, 3.8) is 0 Å². The number of nitrogens with zero attached hydrogens (tertiary/aromatic N) is 3. The first kappa shape index (κ1) is 13.1. The average molecular weight is 260 g/mol. The summed E-state index contributed by atoms with van der Waals surface area (Å²) in [5.74, 6) is -0.235. The van der Waals surface area contributed by atoms with Crippen LogP contribution in [0.1, 0.15) is 15.9 Å². The minimum Gasteiger partial charge on any atom is -0.352 e. The Morgan fingerprint density at radius 1 is 1.42 bits per heavy atom. The number of aromatic nitrogens is 3. The summed E-state index contributed by atoms with van der Waals surface area (Å²) >= 11 is 0. The van der Waals surface area contributed by atoms with Crippen molar-refractivity contribution in [1.82, 2.24) is 19.7 Å². The van der Waals surface area contributed by atoms with Gasteiger partial charge in [0.2, 0.25) is 0 Å². The summed E-state index contributed by atoms with van der Waals surface area (Å²) in [4.78, 5) is 23.2. The summed E-state index contributed by atoms with van der Waals surface area (Å²) in [7, 11) is 3.49. The Balaban J connectivity index is 1.90. The van der Waals surface area contributed by atoms with Crippen LogP contribution in [0.5, 0.6) is 0 Å². The molecule has 19 heavy (non-hydrogen) atoms. The van der Waals surface area contributed by atoms with Gasteiger partial charge in [-0.1, -0.05) is 0 Å². The molecule has 2 aromatic heterocycles. The van der Waals surface area contributed by atoms with Crippen molar-refractivity contribution in [2.75, 3.05) is 6.54 Å². The largest absolute Gasteiger partial charge is 0.352 e. The molecule has 6 nitrogen and oxygen atoms in total. The zero-order chi connectivity index (χ0) is 13.8. The molecule has 1 N–H and O–H groups in total. The number of pyridine rings is 1. The average Bonchev–Trinajstić information content (AvgIpc) is 2.78. The molecule has 0 aromatic carbocycles. The standard InChI is InChI=1S/C13H16N4O2/c1-16-6-4-11(7-12(16)18)13(19)14-5-3-10-8-15-17(2)9-10/h4,6-9H,3,5H2,1-2H3,(H,14,19). The van der Waals surface area contributed by atoms with Crippen molar-refractivity contribution in [2.45, 2.75) is 6.42 Å². The van der Waals surface area contributed by atoms with E-state index in [-0.39, 0.29) is 11.5 Å². The molecule has 1 amide bonds. The summed E-state index contributed by atoms with van der Waals surface area (Å²) in [5, 5.41) is 6.83. The van der Waals surface area contributed by atoms with Gasteiger partial charge in [-0.25, -0.2) is 0 Å². The third-order valence-corrected chi connectivity index (χ3v) is 2.82. The maximum absolute atomic E-state index is 11.8. The predicted molar refractivity (Wildman–Crippen MR) is 70.9 cm³/mol. The molecule has 100 valence electrons. The van der Waals surface area contributed by atoms with E-state index in [0.717, 1.165) is 5.56 Å². The van der Waals surface area contributed by atoms with Gasteiger partial charge in [-0.3, -0.25) is 14.3 Å². The number of hydrogen-bond donors (Lipinski definition) is 1. The number of nitrogens with one attached hydrogen (secondary N) is 1. The molecule has 0 bridgehead atoms. The minimum atomic E-state index is -0.235. The highest BCUT2D eigenvalue weighted by Crippen LogP contribution is 1.98. The second-order valence-corrected chi connectivity index (χ2v) is 4.39. The maximum atomic E-state index is 11.8. The molecule has 6 heteroatoms. The molecule has 0 spiro atoms. The van der Waals surface area contributed by atoms with Crippen LogP contribution in [-0.2, 0) is 20.5 Å². The van der Waals surface area contributed by atoms with Gasteiger partial charge >= 0.3 is 0 Å². The molecule has 0 radical (unpaired) electrons. The van der Waals surface area contributed by atoms with Crippen molar-refractivity contribution in [3.05, 3.63) is 52.2 Å². The second kappa shape index (κ2) is 5.51. The molecule has 0 aliphatic carbocycles. The Morgan fingerprint density at radius 3 is 2.84 bits per heavy atom. The molecule has 0 saturated heterocycles. The molecule has 0 atom stereocenters. The Bertz CT molecular complexity index is 642. The van der Waals surface area contributed by atoms with Crippen LogP contribution in [0.4, 0.5) is 0 Å². The van der Waals surface area contributed by atoms with E-state index in [4.69, 9.17) is 0 Å². The number of amides is 1. The summed E-state index contributed by atoms with van der Waals surface area (Å²) in [6.07, 6.45) is 5.97. The van der Waals surface area contributed by atoms with Gasteiger partial charge in [-0.15, -0.1) is 0 Å². The Hall–Kier alpha value is -2.37. The number of carbonyl (C=O) groups excluding carboxylic acids is 1. The van der Waals surface area contributed by atoms with Crippen molar-refractivity contribution in [1.29, 1.82) is 0 Å². The van der Waals surface area contributed by atoms with E-state index in [2.05, 4.69) is 10.4 Å². The molecule has 2 heterocycles. The molecule has 0 saturated carbocycles. The van der Waals surface area contributed by atoms with E-state index in [0.29, 0.717) is 18.5 Å². The summed E-state index contributed by atoms with van der Waals surface area (Å²) in [6, 6.07) is 2.96. The van der Waals surface area contributed by atoms with Crippen molar-refractivity contribution < 1.29 is 4.79 Å². The molecule has 0 fully saturated rings.